The van der Waals surface area contributed by atoms with Crippen molar-refractivity contribution in [3.63, 3.8) is 0 Å². The summed E-state index contributed by atoms with van der Waals surface area (Å²) in [5.41, 5.74) is 2.04. The summed E-state index contributed by atoms with van der Waals surface area (Å²) in [5.74, 6) is -0.522. The van der Waals surface area contributed by atoms with Crippen molar-refractivity contribution >= 4 is 11.8 Å². The maximum absolute atomic E-state index is 10.4. The number of carbonyl (C=O) groups excluding carboxylic acids is 2. The average molecular weight is 230 g/mol. The van der Waals surface area contributed by atoms with Crippen molar-refractivity contribution in [3.8, 4) is 0 Å². The lowest BCUT2D eigenvalue weighted by Gasteiger charge is -1.96. The molecule has 0 rings (SSSR count). The van der Waals surface area contributed by atoms with E-state index >= 15 is 0 Å². The number of hydroxylamine groups is 1. The van der Waals surface area contributed by atoms with Crippen LogP contribution in [0.4, 0.5) is 0 Å². The fourth-order valence-corrected chi connectivity index (χ4v) is 0.505. The van der Waals surface area contributed by atoms with E-state index in [0.717, 1.165) is 6.08 Å². The van der Waals surface area contributed by atoms with Gasteiger partial charge in [0.2, 0.25) is 5.91 Å². The molecule has 0 aromatic heterocycles. The second kappa shape index (κ2) is 13.3. The van der Waals surface area contributed by atoms with Gasteiger partial charge in [-0.2, -0.15) is 0 Å². The van der Waals surface area contributed by atoms with Crippen molar-refractivity contribution in [2.45, 2.75) is 6.42 Å². The minimum absolute atomic E-state index is 0.109. The number of hydrogen-bond donors (Lipinski definition) is 3. The first-order valence-corrected chi connectivity index (χ1v) is 4.58. The minimum atomic E-state index is -0.331. The number of amides is 2. The van der Waals surface area contributed by atoms with Crippen molar-refractivity contribution in [3.05, 3.63) is 25.3 Å². The lowest BCUT2D eigenvalue weighted by atomic mass is 10.4. The molecule has 0 spiro atoms. The molecule has 0 aromatic rings. The van der Waals surface area contributed by atoms with Gasteiger partial charge < -0.3 is 10.4 Å². The van der Waals surface area contributed by atoms with Crippen LogP contribution in [-0.2, 0) is 14.4 Å². The zero-order valence-corrected chi connectivity index (χ0v) is 9.36. The molecule has 0 aliphatic heterocycles. The Bertz CT molecular complexity index is 229. The van der Waals surface area contributed by atoms with Crippen LogP contribution in [0.15, 0.2) is 25.3 Å². The van der Waals surface area contributed by atoms with E-state index in [1.54, 1.807) is 0 Å². The standard InChI is InChI=1S/C6H11NO2.C4H7NO2/c1-2-6(9)7-4-3-5-8;1-3-4(6)5-7-2/h2,8H,1,3-5H2,(H,7,9);3H,1H2,2H3,(H,5,6). The monoisotopic (exact) mass is 230 g/mol. The number of aliphatic hydroxyl groups is 1. The van der Waals surface area contributed by atoms with Gasteiger partial charge in [0.05, 0.1) is 7.11 Å². The van der Waals surface area contributed by atoms with Crippen LogP contribution in [0, 0.1) is 0 Å². The van der Waals surface area contributed by atoms with Crippen molar-refractivity contribution in [1.29, 1.82) is 0 Å². The van der Waals surface area contributed by atoms with Gasteiger partial charge in [0.15, 0.2) is 0 Å². The van der Waals surface area contributed by atoms with Crippen LogP contribution in [-0.4, -0.2) is 37.2 Å². The van der Waals surface area contributed by atoms with Crippen molar-refractivity contribution in [2.75, 3.05) is 20.3 Å². The van der Waals surface area contributed by atoms with Crippen LogP contribution in [0.5, 0.6) is 0 Å². The first kappa shape index (κ1) is 16.8. The fraction of sp³-hybridized carbons (Fsp3) is 0.400. The van der Waals surface area contributed by atoms with E-state index < -0.39 is 0 Å². The normalized spacial score (nSPS) is 8.12. The third kappa shape index (κ3) is 14.8. The number of aliphatic hydroxyl groups excluding tert-OH is 1. The van der Waals surface area contributed by atoms with Gasteiger partial charge in [-0.25, -0.2) is 5.48 Å². The fourth-order valence-electron chi connectivity index (χ4n) is 0.505. The molecule has 0 aromatic carbocycles. The van der Waals surface area contributed by atoms with Crippen molar-refractivity contribution < 1.29 is 19.5 Å². The van der Waals surface area contributed by atoms with E-state index in [2.05, 4.69) is 23.3 Å². The molecular weight excluding hydrogens is 212 g/mol. The Morgan fingerprint density at radius 1 is 1.31 bits per heavy atom. The van der Waals surface area contributed by atoms with Gasteiger partial charge in [0, 0.05) is 13.2 Å². The highest BCUT2D eigenvalue weighted by atomic mass is 16.6. The molecule has 0 fully saturated rings. The number of rotatable bonds is 6. The zero-order valence-electron chi connectivity index (χ0n) is 9.36. The highest BCUT2D eigenvalue weighted by Crippen LogP contribution is 1.72. The molecule has 0 unspecified atom stereocenters. The molecule has 6 nitrogen and oxygen atoms in total. The number of hydrogen-bond acceptors (Lipinski definition) is 4. The van der Waals surface area contributed by atoms with Gasteiger partial charge in [-0.05, 0) is 18.6 Å². The van der Waals surface area contributed by atoms with Crippen LogP contribution < -0.4 is 10.8 Å². The second-order valence-electron chi connectivity index (χ2n) is 2.45. The molecule has 92 valence electrons. The van der Waals surface area contributed by atoms with Crippen LogP contribution in [0.3, 0.4) is 0 Å². The second-order valence-corrected chi connectivity index (χ2v) is 2.45. The molecule has 3 N–H and O–H groups in total. The zero-order chi connectivity index (χ0) is 12.8. The van der Waals surface area contributed by atoms with Gasteiger partial charge in [-0.15, -0.1) is 0 Å². The smallest absolute Gasteiger partial charge is 0.266 e. The molecule has 0 atom stereocenters. The van der Waals surface area contributed by atoms with Gasteiger partial charge >= 0.3 is 0 Å². The third-order valence-corrected chi connectivity index (χ3v) is 1.21. The summed E-state index contributed by atoms with van der Waals surface area (Å²) in [6.07, 6.45) is 2.93. The molecular formula is C10H18N2O4. The van der Waals surface area contributed by atoms with E-state index in [0.29, 0.717) is 13.0 Å². The van der Waals surface area contributed by atoms with E-state index in [9.17, 15) is 9.59 Å². The summed E-state index contributed by atoms with van der Waals surface area (Å²) in [6, 6.07) is 0. The van der Waals surface area contributed by atoms with Gasteiger partial charge in [-0.3, -0.25) is 14.4 Å². The Balaban J connectivity index is 0. The molecule has 0 aliphatic carbocycles. The predicted octanol–water partition coefficient (Wildman–Crippen LogP) is -0.479. The SMILES string of the molecule is C=CC(=O)NCCCO.C=CC(=O)NOC. The summed E-state index contributed by atoms with van der Waals surface area (Å²) < 4.78 is 0. The van der Waals surface area contributed by atoms with Crippen LogP contribution in [0.2, 0.25) is 0 Å². The van der Waals surface area contributed by atoms with Gasteiger partial charge in [0.1, 0.15) is 0 Å². The summed E-state index contributed by atoms with van der Waals surface area (Å²) in [5, 5.41) is 10.8. The number of carbonyl (C=O) groups is 2. The topological polar surface area (TPSA) is 87.7 Å². The van der Waals surface area contributed by atoms with Gasteiger partial charge in [0.25, 0.3) is 5.91 Å². The van der Waals surface area contributed by atoms with Crippen LogP contribution in [0.25, 0.3) is 0 Å². The highest BCUT2D eigenvalue weighted by molar-refractivity contribution is 5.86. The highest BCUT2D eigenvalue weighted by Gasteiger charge is 1.89. The Morgan fingerprint density at radius 2 is 1.88 bits per heavy atom. The predicted molar refractivity (Wildman–Crippen MR) is 60.3 cm³/mol. The maximum Gasteiger partial charge on any atom is 0.266 e. The Kier molecular flexibility index (Phi) is 14.0. The molecule has 0 saturated carbocycles. The quantitative estimate of drug-likeness (QED) is 0.327. The van der Waals surface area contributed by atoms with E-state index in [1.165, 1.54) is 13.2 Å². The Hall–Kier alpha value is -1.66. The van der Waals surface area contributed by atoms with E-state index in [1.807, 2.05) is 5.48 Å². The van der Waals surface area contributed by atoms with Crippen molar-refractivity contribution in [1.82, 2.24) is 10.8 Å². The lowest BCUT2D eigenvalue weighted by Crippen LogP contribution is -2.22. The summed E-state index contributed by atoms with van der Waals surface area (Å²) in [6.45, 7) is 7.08. The molecule has 0 aliphatic rings. The van der Waals surface area contributed by atoms with Crippen molar-refractivity contribution in [2.24, 2.45) is 0 Å². The molecule has 6 heteroatoms. The molecule has 0 radical (unpaired) electrons. The van der Waals surface area contributed by atoms with E-state index in [4.69, 9.17) is 5.11 Å². The summed E-state index contributed by atoms with van der Waals surface area (Å²) in [4.78, 5) is 24.7. The molecule has 16 heavy (non-hydrogen) atoms. The first-order valence-electron chi connectivity index (χ1n) is 4.58. The largest absolute Gasteiger partial charge is 0.396 e. The molecule has 0 saturated heterocycles. The lowest BCUT2D eigenvalue weighted by molar-refractivity contribution is -0.126. The molecule has 2 amide bonds. The average Bonchev–Trinajstić information content (AvgIpc) is 2.30. The summed E-state index contributed by atoms with van der Waals surface area (Å²) >= 11 is 0. The minimum Gasteiger partial charge on any atom is -0.396 e. The Morgan fingerprint density at radius 3 is 2.19 bits per heavy atom. The van der Waals surface area contributed by atoms with E-state index in [-0.39, 0.29) is 18.4 Å². The van der Waals surface area contributed by atoms with Gasteiger partial charge in [-0.1, -0.05) is 13.2 Å². The Labute approximate surface area is 94.9 Å². The maximum atomic E-state index is 10.4. The van der Waals surface area contributed by atoms with Crippen LogP contribution >= 0.6 is 0 Å². The molecule has 0 bridgehead atoms. The first-order chi connectivity index (χ1) is 7.62. The molecule has 0 heterocycles. The number of nitrogens with one attached hydrogen (secondary N) is 2. The van der Waals surface area contributed by atoms with Crippen LogP contribution in [0.1, 0.15) is 6.42 Å². The third-order valence-electron chi connectivity index (χ3n) is 1.21. The summed E-state index contributed by atoms with van der Waals surface area (Å²) in [7, 11) is 1.36.